The fraction of sp³-hybridized carbons (Fsp3) is 0.333. The molecule has 2 amide bonds. The molecule has 9 heteroatoms. The van der Waals surface area contributed by atoms with Crippen LogP contribution in [0.25, 0.3) is 11.5 Å². The summed E-state index contributed by atoms with van der Waals surface area (Å²) in [5.74, 6) is 1.01. The van der Waals surface area contributed by atoms with Crippen molar-refractivity contribution in [3.05, 3.63) is 54.3 Å². The van der Waals surface area contributed by atoms with Gasteiger partial charge in [-0.3, -0.25) is 4.98 Å². The molecule has 2 aromatic heterocycles. The van der Waals surface area contributed by atoms with Gasteiger partial charge in [-0.15, -0.1) is 0 Å². The lowest BCUT2D eigenvalue weighted by Crippen LogP contribution is -2.40. The van der Waals surface area contributed by atoms with Gasteiger partial charge in [0.25, 0.3) is 0 Å². The number of aromatic nitrogens is 3. The Morgan fingerprint density at radius 2 is 2.13 bits per heavy atom. The number of carbonyl (C=O) groups is 1. The van der Waals surface area contributed by atoms with Gasteiger partial charge in [0.1, 0.15) is 17.3 Å². The average molecular weight is 411 g/mol. The molecule has 1 N–H and O–H groups in total. The van der Waals surface area contributed by atoms with E-state index < -0.39 is 5.82 Å². The van der Waals surface area contributed by atoms with Crippen LogP contribution in [-0.4, -0.2) is 45.8 Å². The minimum Gasteiger partial charge on any atom is -0.492 e. The molecule has 1 fully saturated rings. The lowest BCUT2D eigenvalue weighted by molar-refractivity contribution is 0.187. The van der Waals surface area contributed by atoms with Crippen LogP contribution in [0.2, 0.25) is 0 Å². The molecule has 4 rings (SSSR count). The van der Waals surface area contributed by atoms with Crippen LogP contribution in [0.15, 0.2) is 47.1 Å². The van der Waals surface area contributed by atoms with Crippen molar-refractivity contribution in [1.29, 1.82) is 0 Å². The quantitative estimate of drug-likeness (QED) is 0.680. The molecular formula is C21H22FN5O3. The van der Waals surface area contributed by atoms with Gasteiger partial charge < -0.3 is 19.5 Å². The molecular weight excluding hydrogens is 389 g/mol. The summed E-state index contributed by atoms with van der Waals surface area (Å²) >= 11 is 0. The van der Waals surface area contributed by atoms with Crippen LogP contribution in [0, 0.1) is 5.82 Å². The molecule has 3 aromatic rings. The van der Waals surface area contributed by atoms with Gasteiger partial charge in [-0.2, -0.15) is 4.98 Å². The number of halogens is 1. The molecule has 8 nitrogen and oxygen atoms in total. The second-order valence-corrected chi connectivity index (χ2v) is 6.94. The zero-order valence-electron chi connectivity index (χ0n) is 16.5. The molecule has 1 aliphatic heterocycles. The second-order valence-electron chi connectivity index (χ2n) is 6.94. The normalized spacial score (nSPS) is 14.5. The summed E-state index contributed by atoms with van der Waals surface area (Å²) in [6.07, 6.45) is 3.10. The number of amides is 2. The highest BCUT2D eigenvalue weighted by molar-refractivity contribution is 5.91. The van der Waals surface area contributed by atoms with Crippen molar-refractivity contribution in [2.75, 3.05) is 25.0 Å². The zero-order valence-corrected chi connectivity index (χ0v) is 16.5. The molecule has 156 valence electrons. The third-order valence-electron chi connectivity index (χ3n) is 4.95. The molecule has 1 aliphatic rings. The number of benzene rings is 1. The number of nitrogens with one attached hydrogen (secondary N) is 1. The van der Waals surface area contributed by atoms with Crippen molar-refractivity contribution in [2.24, 2.45) is 0 Å². The van der Waals surface area contributed by atoms with Gasteiger partial charge in [-0.05, 0) is 44.0 Å². The number of pyridine rings is 1. The Hall–Kier alpha value is -3.49. The minimum atomic E-state index is -0.415. The Balaban J connectivity index is 1.36. The number of hydrogen-bond donors (Lipinski definition) is 1. The van der Waals surface area contributed by atoms with Gasteiger partial charge in [-0.25, -0.2) is 9.18 Å². The first-order chi connectivity index (χ1) is 14.6. The highest BCUT2D eigenvalue weighted by Crippen LogP contribution is 2.30. The number of nitrogens with zero attached hydrogens (tertiary/aromatic N) is 4. The molecule has 30 heavy (non-hydrogen) atoms. The topological polar surface area (TPSA) is 93.4 Å². The van der Waals surface area contributed by atoms with Crippen LogP contribution >= 0.6 is 0 Å². The predicted molar refractivity (Wildman–Crippen MR) is 108 cm³/mol. The van der Waals surface area contributed by atoms with Crippen LogP contribution < -0.4 is 10.1 Å². The van der Waals surface area contributed by atoms with Crippen LogP contribution in [0.3, 0.4) is 0 Å². The Morgan fingerprint density at radius 1 is 1.30 bits per heavy atom. The van der Waals surface area contributed by atoms with Gasteiger partial charge in [0.15, 0.2) is 0 Å². The highest BCUT2D eigenvalue weighted by atomic mass is 19.1. The third-order valence-corrected chi connectivity index (χ3v) is 4.95. The molecule has 1 aromatic carbocycles. The van der Waals surface area contributed by atoms with Crippen molar-refractivity contribution in [1.82, 2.24) is 20.0 Å². The van der Waals surface area contributed by atoms with Crippen LogP contribution in [-0.2, 0) is 0 Å². The van der Waals surface area contributed by atoms with Gasteiger partial charge in [0.2, 0.25) is 11.7 Å². The minimum absolute atomic E-state index is 0.0869. The Morgan fingerprint density at radius 3 is 2.87 bits per heavy atom. The monoisotopic (exact) mass is 411 g/mol. The Labute approximate surface area is 173 Å². The van der Waals surface area contributed by atoms with Crippen molar-refractivity contribution in [3.63, 3.8) is 0 Å². The largest absolute Gasteiger partial charge is 0.492 e. The van der Waals surface area contributed by atoms with E-state index in [4.69, 9.17) is 9.26 Å². The van der Waals surface area contributed by atoms with Crippen molar-refractivity contribution in [3.8, 4) is 17.3 Å². The van der Waals surface area contributed by atoms with E-state index in [2.05, 4.69) is 20.4 Å². The summed E-state index contributed by atoms with van der Waals surface area (Å²) in [5, 5.41) is 6.83. The standard InChI is InChI=1S/C21H22FN5O3/c1-2-29-18-13-15(22)6-7-16(18)24-21(28)27-11-8-14(9-12-27)20-25-19(26-30-20)17-5-3-4-10-23-17/h3-7,10,13-14H,2,8-9,11-12H2,1H3,(H,24,28). The number of carbonyl (C=O) groups excluding carboxylic acids is 1. The number of urea groups is 1. The van der Waals surface area contributed by atoms with Crippen LogP contribution in [0.4, 0.5) is 14.9 Å². The lowest BCUT2D eigenvalue weighted by atomic mass is 9.97. The maximum atomic E-state index is 13.5. The zero-order chi connectivity index (χ0) is 20.9. The van der Waals surface area contributed by atoms with Gasteiger partial charge >= 0.3 is 6.03 Å². The van der Waals surface area contributed by atoms with E-state index in [-0.39, 0.29) is 11.9 Å². The van der Waals surface area contributed by atoms with E-state index in [1.54, 1.807) is 18.0 Å². The SMILES string of the molecule is CCOc1cc(F)ccc1NC(=O)N1CCC(c2nc(-c3ccccn3)no2)CC1. The van der Waals surface area contributed by atoms with Crippen molar-refractivity contribution >= 4 is 11.7 Å². The molecule has 1 saturated heterocycles. The fourth-order valence-electron chi connectivity index (χ4n) is 3.40. The molecule has 3 heterocycles. The first kappa shape index (κ1) is 19.8. The molecule has 0 aliphatic carbocycles. The van der Waals surface area contributed by atoms with Gasteiger partial charge in [0.05, 0.1) is 12.3 Å². The molecule has 0 atom stereocenters. The predicted octanol–water partition coefficient (Wildman–Crippen LogP) is 4.08. The smallest absolute Gasteiger partial charge is 0.321 e. The van der Waals surface area contributed by atoms with E-state index in [1.165, 1.54) is 18.2 Å². The second kappa shape index (κ2) is 8.89. The first-order valence-corrected chi connectivity index (χ1v) is 9.87. The summed E-state index contributed by atoms with van der Waals surface area (Å²) in [5.41, 5.74) is 1.11. The van der Waals surface area contributed by atoms with Gasteiger partial charge in [0, 0.05) is 31.3 Å². The van der Waals surface area contributed by atoms with Gasteiger partial charge in [-0.1, -0.05) is 11.2 Å². The van der Waals surface area contributed by atoms with E-state index in [0.29, 0.717) is 61.4 Å². The highest BCUT2D eigenvalue weighted by Gasteiger charge is 2.28. The fourth-order valence-corrected chi connectivity index (χ4v) is 3.40. The lowest BCUT2D eigenvalue weighted by Gasteiger charge is -2.30. The Bertz CT molecular complexity index is 1000. The molecule has 0 spiro atoms. The molecule has 0 saturated carbocycles. The van der Waals surface area contributed by atoms with E-state index in [0.717, 1.165) is 0 Å². The average Bonchev–Trinajstić information content (AvgIpc) is 3.27. The number of likely N-dealkylation sites (tertiary alicyclic amines) is 1. The number of anilines is 1. The molecule has 0 unspecified atom stereocenters. The third kappa shape index (κ3) is 4.40. The summed E-state index contributed by atoms with van der Waals surface area (Å²) in [4.78, 5) is 23.1. The number of hydrogen-bond acceptors (Lipinski definition) is 6. The summed E-state index contributed by atoms with van der Waals surface area (Å²) in [6, 6.07) is 9.33. The summed E-state index contributed by atoms with van der Waals surface area (Å²) in [7, 11) is 0. The van der Waals surface area contributed by atoms with Crippen molar-refractivity contribution in [2.45, 2.75) is 25.7 Å². The van der Waals surface area contributed by atoms with Crippen LogP contribution in [0.5, 0.6) is 5.75 Å². The van der Waals surface area contributed by atoms with Crippen LogP contribution in [0.1, 0.15) is 31.6 Å². The summed E-state index contributed by atoms with van der Waals surface area (Å²) < 4.78 is 24.3. The van der Waals surface area contributed by atoms with Crippen molar-refractivity contribution < 1.29 is 18.4 Å². The Kier molecular flexibility index (Phi) is 5.87. The number of ether oxygens (including phenoxy) is 1. The van der Waals surface area contributed by atoms with E-state index >= 15 is 0 Å². The number of rotatable bonds is 5. The summed E-state index contributed by atoms with van der Waals surface area (Å²) in [6.45, 7) is 3.27. The maximum absolute atomic E-state index is 13.5. The van der Waals surface area contributed by atoms with E-state index in [1.807, 2.05) is 18.2 Å². The number of piperidine rings is 1. The molecule has 0 radical (unpaired) electrons. The first-order valence-electron chi connectivity index (χ1n) is 9.87. The maximum Gasteiger partial charge on any atom is 0.321 e. The molecule has 0 bridgehead atoms. The van der Waals surface area contributed by atoms with E-state index in [9.17, 15) is 9.18 Å².